The minimum absolute atomic E-state index is 0.326. The summed E-state index contributed by atoms with van der Waals surface area (Å²) in [6.07, 6.45) is 0. The first kappa shape index (κ1) is 17.2. The fourth-order valence-corrected chi connectivity index (χ4v) is 2.57. The van der Waals surface area contributed by atoms with Gasteiger partial charge in [-0.05, 0) is 17.7 Å². The van der Waals surface area contributed by atoms with Crippen molar-refractivity contribution < 1.29 is 9.90 Å². The molecule has 0 radical (unpaired) electrons. The van der Waals surface area contributed by atoms with E-state index in [1.54, 1.807) is 36.2 Å². The molecule has 0 unspecified atom stereocenters. The highest BCUT2D eigenvalue weighted by molar-refractivity contribution is 5.90. The van der Waals surface area contributed by atoms with Gasteiger partial charge in [0.1, 0.15) is 0 Å². The molecule has 0 aromatic heterocycles. The van der Waals surface area contributed by atoms with E-state index in [1.807, 2.05) is 43.3 Å². The molecule has 4 nitrogen and oxygen atoms in total. The maximum Gasteiger partial charge on any atom is 0.263 e. The van der Waals surface area contributed by atoms with Gasteiger partial charge in [0, 0.05) is 20.1 Å². The average molecular weight is 312 g/mol. The number of nitrogens with zero attached hydrogens (tertiary/aromatic N) is 1. The lowest BCUT2D eigenvalue weighted by Crippen LogP contribution is -2.47. The van der Waals surface area contributed by atoms with E-state index >= 15 is 0 Å². The van der Waals surface area contributed by atoms with Crippen LogP contribution >= 0.6 is 0 Å². The summed E-state index contributed by atoms with van der Waals surface area (Å²) < 4.78 is 0. The number of nitrogens with one attached hydrogen (secondary N) is 1. The molecule has 0 saturated heterocycles. The molecule has 2 rings (SSSR count). The highest BCUT2D eigenvalue weighted by Crippen LogP contribution is 2.31. The molecule has 0 aliphatic rings. The number of aliphatic hydroxyl groups is 1. The Bertz CT molecular complexity index is 574. The van der Waals surface area contributed by atoms with Gasteiger partial charge in [-0.25, -0.2) is 0 Å². The average Bonchev–Trinajstić information content (AvgIpc) is 2.62. The Labute approximate surface area is 137 Å². The van der Waals surface area contributed by atoms with Gasteiger partial charge in [0.2, 0.25) is 0 Å². The molecule has 0 fully saturated rings. The first-order valence-corrected chi connectivity index (χ1v) is 7.90. The Morgan fingerprint density at radius 2 is 1.52 bits per heavy atom. The van der Waals surface area contributed by atoms with Gasteiger partial charge < -0.3 is 15.3 Å². The summed E-state index contributed by atoms with van der Waals surface area (Å²) in [6.45, 7) is 4.10. The van der Waals surface area contributed by atoms with E-state index < -0.39 is 5.60 Å². The molecule has 0 heterocycles. The SMILES string of the molecule is CCNCCN(C)C(=O)C(O)(c1ccccc1)c1ccccc1. The molecule has 4 heteroatoms. The van der Waals surface area contributed by atoms with Crippen LogP contribution in [0.4, 0.5) is 0 Å². The maximum absolute atomic E-state index is 13.0. The molecule has 2 aromatic carbocycles. The Balaban J connectivity index is 2.37. The number of hydrogen-bond acceptors (Lipinski definition) is 3. The van der Waals surface area contributed by atoms with Gasteiger partial charge in [-0.15, -0.1) is 0 Å². The molecular weight excluding hydrogens is 288 g/mol. The number of carbonyl (C=O) groups excluding carboxylic acids is 1. The summed E-state index contributed by atoms with van der Waals surface area (Å²) in [5, 5.41) is 14.5. The van der Waals surface area contributed by atoms with Crippen LogP contribution in [-0.4, -0.2) is 42.6 Å². The summed E-state index contributed by atoms with van der Waals surface area (Å²) >= 11 is 0. The van der Waals surface area contributed by atoms with Crippen LogP contribution in [-0.2, 0) is 10.4 Å². The predicted molar refractivity (Wildman–Crippen MR) is 92.1 cm³/mol. The summed E-state index contributed by atoms with van der Waals surface area (Å²) in [4.78, 5) is 14.6. The standard InChI is InChI=1S/C19H24N2O2/c1-3-20-14-15-21(2)18(22)19(23,16-10-6-4-7-11-16)17-12-8-5-9-13-17/h4-13,20,23H,3,14-15H2,1-2H3. The number of amides is 1. The topological polar surface area (TPSA) is 52.6 Å². The molecule has 0 atom stereocenters. The molecule has 0 bridgehead atoms. The number of rotatable bonds is 7. The van der Waals surface area contributed by atoms with Crippen molar-refractivity contribution in [3.8, 4) is 0 Å². The maximum atomic E-state index is 13.0. The van der Waals surface area contributed by atoms with Crippen molar-refractivity contribution in [3.63, 3.8) is 0 Å². The van der Waals surface area contributed by atoms with Gasteiger partial charge in [0.05, 0.1) is 0 Å². The van der Waals surface area contributed by atoms with E-state index in [2.05, 4.69) is 5.32 Å². The van der Waals surface area contributed by atoms with Crippen LogP contribution < -0.4 is 5.32 Å². The van der Waals surface area contributed by atoms with Crippen molar-refractivity contribution in [2.24, 2.45) is 0 Å². The van der Waals surface area contributed by atoms with Crippen LogP contribution in [0.25, 0.3) is 0 Å². The van der Waals surface area contributed by atoms with E-state index in [1.165, 1.54) is 0 Å². The zero-order chi connectivity index (χ0) is 16.7. The lowest BCUT2D eigenvalue weighted by molar-refractivity contribution is -0.146. The van der Waals surface area contributed by atoms with Crippen molar-refractivity contribution in [3.05, 3.63) is 71.8 Å². The van der Waals surface area contributed by atoms with Crippen molar-refractivity contribution >= 4 is 5.91 Å². The fourth-order valence-electron chi connectivity index (χ4n) is 2.57. The van der Waals surface area contributed by atoms with Crippen molar-refractivity contribution in [2.75, 3.05) is 26.7 Å². The number of likely N-dealkylation sites (N-methyl/N-ethyl adjacent to an activating group) is 2. The summed E-state index contributed by atoms with van der Waals surface area (Å²) in [5.41, 5.74) is -0.526. The van der Waals surface area contributed by atoms with Crippen molar-refractivity contribution in [1.29, 1.82) is 0 Å². The first-order chi connectivity index (χ1) is 11.1. The van der Waals surface area contributed by atoms with Crippen LogP contribution in [0.3, 0.4) is 0 Å². The molecule has 0 spiro atoms. The van der Waals surface area contributed by atoms with Crippen LogP contribution in [0, 0.1) is 0 Å². The molecule has 2 aromatic rings. The van der Waals surface area contributed by atoms with E-state index in [4.69, 9.17) is 0 Å². The van der Waals surface area contributed by atoms with Gasteiger partial charge in [-0.1, -0.05) is 67.6 Å². The quantitative estimate of drug-likeness (QED) is 0.769. The van der Waals surface area contributed by atoms with Gasteiger partial charge >= 0.3 is 0 Å². The van der Waals surface area contributed by atoms with Crippen LogP contribution in [0.15, 0.2) is 60.7 Å². The van der Waals surface area contributed by atoms with E-state index in [0.717, 1.165) is 6.54 Å². The molecule has 0 aliphatic heterocycles. The minimum atomic E-state index is -1.68. The smallest absolute Gasteiger partial charge is 0.263 e. The van der Waals surface area contributed by atoms with Crippen molar-refractivity contribution in [1.82, 2.24) is 10.2 Å². The normalized spacial score (nSPS) is 11.3. The molecular formula is C19H24N2O2. The predicted octanol–water partition coefficient (Wildman–Crippen LogP) is 1.99. The van der Waals surface area contributed by atoms with Gasteiger partial charge in [-0.2, -0.15) is 0 Å². The zero-order valence-corrected chi connectivity index (χ0v) is 13.7. The zero-order valence-electron chi connectivity index (χ0n) is 13.7. The van der Waals surface area contributed by atoms with Gasteiger partial charge in [0.15, 0.2) is 5.60 Å². The molecule has 23 heavy (non-hydrogen) atoms. The Morgan fingerprint density at radius 3 is 1.96 bits per heavy atom. The summed E-state index contributed by atoms with van der Waals surface area (Å²) in [6, 6.07) is 18.2. The molecule has 0 saturated carbocycles. The van der Waals surface area contributed by atoms with Gasteiger partial charge in [-0.3, -0.25) is 4.79 Å². The largest absolute Gasteiger partial charge is 0.372 e. The third-order valence-electron chi connectivity index (χ3n) is 3.91. The molecule has 0 aliphatic carbocycles. The van der Waals surface area contributed by atoms with E-state index in [0.29, 0.717) is 24.2 Å². The second-order valence-electron chi connectivity index (χ2n) is 5.52. The van der Waals surface area contributed by atoms with Gasteiger partial charge in [0.25, 0.3) is 5.91 Å². The highest BCUT2D eigenvalue weighted by Gasteiger charge is 2.41. The monoisotopic (exact) mass is 312 g/mol. The van der Waals surface area contributed by atoms with Crippen LogP contribution in [0.1, 0.15) is 18.1 Å². The Hall–Kier alpha value is -2.17. The fraction of sp³-hybridized carbons (Fsp3) is 0.316. The number of carbonyl (C=O) groups is 1. The summed E-state index contributed by atoms with van der Waals surface area (Å²) in [5.74, 6) is -0.326. The summed E-state index contributed by atoms with van der Waals surface area (Å²) in [7, 11) is 1.72. The first-order valence-electron chi connectivity index (χ1n) is 7.90. The third-order valence-corrected chi connectivity index (χ3v) is 3.91. The lowest BCUT2D eigenvalue weighted by Gasteiger charge is -2.32. The highest BCUT2D eigenvalue weighted by atomic mass is 16.3. The van der Waals surface area contributed by atoms with Crippen LogP contribution in [0.5, 0.6) is 0 Å². The molecule has 2 N–H and O–H groups in total. The molecule has 122 valence electrons. The molecule has 1 amide bonds. The van der Waals surface area contributed by atoms with E-state index in [9.17, 15) is 9.90 Å². The van der Waals surface area contributed by atoms with Crippen LogP contribution in [0.2, 0.25) is 0 Å². The Kier molecular flexibility index (Phi) is 5.90. The second-order valence-corrected chi connectivity index (χ2v) is 5.52. The lowest BCUT2D eigenvalue weighted by atomic mass is 9.85. The van der Waals surface area contributed by atoms with E-state index in [-0.39, 0.29) is 5.91 Å². The minimum Gasteiger partial charge on any atom is -0.372 e. The second kappa shape index (κ2) is 7.90. The van der Waals surface area contributed by atoms with Crippen molar-refractivity contribution in [2.45, 2.75) is 12.5 Å². The third kappa shape index (κ3) is 3.78. The number of benzene rings is 2. The number of hydrogen-bond donors (Lipinski definition) is 2. The Morgan fingerprint density at radius 1 is 1.04 bits per heavy atom.